The second-order valence-electron chi connectivity index (χ2n) is 2.48. The molecule has 0 heterocycles. The Morgan fingerprint density at radius 1 is 1.33 bits per heavy atom. The Labute approximate surface area is 90.9 Å². The van der Waals surface area contributed by atoms with Crippen LogP contribution in [0.1, 0.15) is 33.6 Å². The summed E-state index contributed by atoms with van der Waals surface area (Å²) >= 11 is 16.4. The molecule has 3 heteroatoms. The summed E-state index contributed by atoms with van der Waals surface area (Å²) in [6.07, 6.45) is 3.69. The highest BCUT2D eigenvalue weighted by atomic mass is 35.5. The van der Waals surface area contributed by atoms with Crippen molar-refractivity contribution in [3.63, 3.8) is 0 Å². The molecule has 0 rings (SSSR count). The van der Waals surface area contributed by atoms with Crippen LogP contribution in [0.3, 0.4) is 0 Å². The van der Waals surface area contributed by atoms with E-state index < -0.39 is 0 Å². The van der Waals surface area contributed by atoms with Gasteiger partial charge in [-0.05, 0) is 32.2 Å². The van der Waals surface area contributed by atoms with Gasteiger partial charge in [-0.15, -0.1) is 23.2 Å². The molecule has 0 fully saturated rings. The molecule has 0 aliphatic heterocycles. The molecule has 74 valence electrons. The van der Waals surface area contributed by atoms with Crippen LogP contribution >= 0.6 is 34.8 Å². The van der Waals surface area contributed by atoms with Crippen LogP contribution in [0.5, 0.6) is 0 Å². The van der Waals surface area contributed by atoms with Gasteiger partial charge in [0.25, 0.3) is 0 Å². The fourth-order valence-electron chi connectivity index (χ4n) is 0.519. The summed E-state index contributed by atoms with van der Waals surface area (Å²) in [6.45, 7) is 5.90. The maximum atomic E-state index is 5.78. The predicted octanol–water partition coefficient (Wildman–Crippen LogP) is 4.78. The van der Waals surface area contributed by atoms with E-state index >= 15 is 0 Å². The molecule has 12 heavy (non-hydrogen) atoms. The molecule has 0 N–H and O–H groups in total. The van der Waals surface area contributed by atoms with Crippen molar-refractivity contribution in [3.8, 4) is 0 Å². The quantitative estimate of drug-likeness (QED) is 0.613. The molecule has 0 saturated carbocycles. The van der Waals surface area contributed by atoms with Gasteiger partial charge in [0.2, 0.25) is 0 Å². The number of allylic oxidation sites excluding steroid dienone is 1. The van der Waals surface area contributed by atoms with Crippen LogP contribution in [-0.2, 0) is 0 Å². The average Bonchev–Trinajstić information content (AvgIpc) is 2.04. The van der Waals surface area contributed by atoms with E-state index in [4.69, 9.17) is 34.8 Å². The SMILES string of the molecule is CC=CCl.CCC(Cl)CC(C)Cl. The van der Waals surface area contributed by atoms with Crippen LogP contribution in [0.2, 0.25) is 0 Å². The minimum Gasteiger partial charge on any atom is -0.123 e. The van der Waals surface area contributed by atoms with Gasteiger partial charge in [-0.2, -0.15) is 0 Å². The van der Waals surface area contributed by atoms with E-state index in [0.717, 1.165) is 12.8 Å². The van der Waals surface area contributed by atoms with Gasteiger partial charge in [0.15, 0.2) is 0 Å². The van der Waals surface area contributed by atoms with E-state index in [9.17, 15) is 0 Å². The van der Waals surface area contributed by atoms with Crippen molar-refractivity contribution < 1.29 is 0 Å². The smallest absolute Gasteiger partial charge is 0.0347 e. The van der Waals surface area contributed by atoms with Crippen LogP contribution in [-0.4, -0.2) is 10.8 Å². The van der Waals surface area contributed by atoms with Crippen molar-refractivity contribution in [2.75, 3.05) is 0 Å². The maximum absolute atomic E-state index is 5.78. The third-order valence-corrected chi connectivity index (χ3v) is 2.07. The Bertz CT molecular complexity index is 95.9. The molecule has 0 spiro atoms. The van der Waals surface area contributed by atoms with Crippen molar-refractivity contribution in [2.45, 2.75) is 44.4 Å². The summed E-state index contributed by atoms with van der Waals surface area (Å²) in [5.74, 6) is 0. The fraction of sp³-hybridized carbons (Fsp3) is 0.778. The highest BCUT2D eigenvalue weighted by Crippen LogP contribution is 2.12. The highest BCUT2D eigenvalue weighted by molar-refractivity contribution is 6.25. The summed E-state index contributed by atoms with van der Waals surface area (Å²) in [5, 5.41) is 0.486. The summed E-state index contributed by atoms with van der Waals surface area (Å²) < 4.78 is 0. The molecule has 0 saturated heterocycles. The maximum Gasteiger partial charge on any atom is 0.0347 e. The molecular weight excluding hydrogens is 214 g/mol. The molecule has 0 aliphatic rings. The van der Waals surface area contributed by atoms with Crippen molar-refractivity contribution in [1.29, 1.82) is 0 Å². The standard InChI is InChI=1S/C6H12Cl2.C3H5Cl/c1-3-6(8)4-5(2)7;1-2-3-4/h5-6H,3-4H2,1-2H3;2-3H,1H3. The first kappa shape index (κ1) is 15.1. The molecule has 2 unspecified atom stereocenters. The van der Waals surface area contributed by atoms with Gasteiger partial charge >= 0.3 is 0 Å². The Balaban J connectivity index is 0. The average molecular weight is 232 g/mol. The Kier molecular flexibility index (Phi) is 14.6. The van der Waals surface area contributed by atoms with Crippen molar-refractivity contribution in [3.05, 3.63) is 11.6 Å². The molecule has 2 atom stereocenters. The first-order valence-corrected chi connectivity index (χ1v) is 5.38. The molecule has 0 amide bonds. The third kappa shape index (κ3) is 16.9. The molecule has 0 aliphatic carbocycles. The summed E-state index contributed by atoms with van der Waals surface area (Å²) in [4.78, 5) is 0. The molecule has 0 radical (unpaired) electrons. The van der Waals surface area contributed by atoms with Gasteiger partial charge in [-0.25, -0.2) is 0 Å². The second-order valence-corrected chi connectivity index (χ2v) is 4.10. The van der Waals surface area contributed by atoms with Crippen molar-refractivity contribution >= 4 is 34.8 Å². The molecule has 0 nitrogen and oxygen atoms in total. The lowest BCUT2D eigenvalue weighted by molar-refractivity contribution is 0.717. The lowest BCUT2D eigenvalue weighted by Crippen LogP contribution is -2.02. The van der Waals surface area contributed by atoms with Gasteiger partial charge in [0.05, 0.1) is 0 Å². The zero-order valence-corrected chi connectivity index (χ0v) is 10.1. The van der Waals surface area contributed by atoms with E-state index in [1.54, 1.807) is 6.08 Å². The van der Waals surface area contributed by atoms with Gasteiger partial charge in [-0.3, -0.25) is 0 Å². The van der Waals surface area contributed by atoms with E-state index in [2.05, 4.69) is 6.92 Å². The van der Waals surface area contributed by atoms with E-state index in [0.29, 0.717) is 0 Å². The van der Waals surface area contributed by atoms with Gasteiger partial charge in [-0.1, -0.05) is 24.6 Å². The lowest BCUT2D eigenvalue weighted by atomic mass is 10.2. The number of hydrogen-bond acceptors (Lipinski definition) is 0. The number of hydrogen-bond donors (Lipinski definition) is 0. The summed E-state index contributed by atoms with van der Waals surface area (Å²) in [5.41, 5.74) is 1.47. The van der Waals surface area contributed by atoms with Crippen LogP contribution in [0, 0.1) is 0 Å². The monoisotopic (exact) mass is 230 g/mol. The highest BCUT2D eigenvalue weighted by Gasteiger charge is 2.04. The van der Waals surface area contributed by atoms with Crippen LogP contribution in [0.25, 0.3) is 0 Å². The third-order valence-electron chi connectivity index (χ3n) is 1.15. The minimum absolute atomic E-state index is 0.220. The Morgan fingerprint density at radius 2 is 1.75 bits per heavy atom. The first-order chi connectivity index (χ1) is 5.58. The number of alkyl halides is 2. The summed E-state index contributed by atoms with van der Waals surface area (Å²) in [6, 6.07) is 0. The number of rotatable bonds is 3. The van der Waals surface area contributed by atoms with E-state index in [1.807, 2.05) is 13.8 Å². The van der Waals surface area contributed by atoms with Crippen LogP contribution in [0.15, 0.2) is 11.6 Å². The van der Waals surface area contributed by atoms with Crippen molar-refractivity contribution in [1.82, 2.24) is 0 Å². The zero-order valence-electron chi connectivity index (χ0n) is 7.86. The summed E-state index contributed by atoms with van der Waals surface area (Å²) in [7, 11) is 0. The molecule has 0 aromatic heterocycles. The molecular formula is C9H17Cl3. The Hall–Kier alpha value is 0.610. The second kappa shape index (κ2) is 11.6. The topological polar surface area (TPSA) is 0 Å². The van der Waals surface area contributed by atoms with Gasteiger partial charge in [0, 0.05) is 10.8 Å². The Morgan fingerprint density at radius 3 is 1.83 bits per heavy atom. The van der Waals surface area contributed by atoms with Gasteiger partial charge in [0.1, 0.15) is 0 Å². The van der Waals surface area contributed by atoms with Crippen LogP contribution < -0.4 is 0 Å². The molecule has 0 bridgehead atoms. The largest absolute Gasteiger partial charge is 0.123 e. The normalized spacial score (nSPS) is 15.2. The molecule has 0 aromatic rings. The minimum atomic E-state index is 0.220. The lowest BCUT2D eigenvalue weighted by Gasteiger charge is -2.05. The fourth-order valence-corrected chi connectivity index (χ4v) is 1.09. The molecule has 0 aromatic carbocycles. The zero-order chi connectivity index (χ0) is 9.98. The first-order valence-electron chi connectivity index (χ1n) is 4.07. The number of halogens is 3. The van der Waals surface area contributed by atoms with E-state index in [-0.39, 0.29) is 10.8 Å². The van der Waals surface area contributed by atoms with Crippen LogP contribution in [0.4, 0.5) is 0 Å². The van der Waals surface area contributed by atoms with Gasteiger partial charge < -0.3 is 0 Å². The predicted molar refractivity (Wildman–Crippen MR) is 60.5 cm³/mol. The van der Waals surface area contributed by atoms with E-state index in [1.165, 1.54) is 5.54 Å². The van der Waals surface area contributed by atoms with Crippen molar-refractivity contribution in [2.24, 2.45) is 0 Å².